The molecule has 0 radical (unpaired) electrons. The zero-order valence-corrected chi connectivity index (χ0v) is 20.7. The Morgan fingerprint density at radius 1 is 1.26 bits per heavy atom. The Kier molecular flexibility index (Phi) is 7.57. The van der Waals surface area contributed by atoms with E-state index in [1.807, 2.05) is 32.2 Å². The first kappa shape index (κ1) is 24.6. The smallest absolute Gasteiger partial charge is 0.306 e. The van der Waals surface area contributed by atoms with E-state index in [4.69, 9.17) is 9.72 Å². The van der Waals surface area contributed by atoms with Crippen LogP contribution < -0.4 is 10.1 Å². The number of carboxylic acid groups (broad SMARTS) is 1. The predicted molar refractivity (Wildman–Crippen MR) is 131 cm³/mol. The Hall–Kier alpha value is -3.56. The number of aliphatic carboxylic acids is 1. The largest absolute Gasteiger partial charge is 0.488 e. The van der Waals surface area contributed by atoms with E-state index >= 15 is 0 Å². The number of aryl methyl sites for hydroxylation is 2. The van der Waals surface area contributed by atoms with Crippen molar-refractivity contribution < 1.29 is 14.6 Å². The number of rotatable bonds is 9. The van der Waals surface area contributed by atoms with Gasteiger partial charge in [0.15, 0.2) is 0 Å². The Bertz CT molecular complexity index is 1180. The Balaban J connectivity index is 1.51. The summed E-state index contributed by atoms with van der Waals surface area (Å²) in [6.07, 6.45) is 5.28. The topological polar surface area (TPSA) is 128 Å². The Labute approximate surface area is 205 Å². The molecule has 186 valence electrons. The van der Waals surface area contributed by atoms with Gasteiger partial charge in [0.2, 0.25) is 5.95 Å². The van der Waals surface area contributed by atoms with Crippen LogP contribution in [0.5, 0.6) is 5.75 Å². The molecule has 1 saturated carbocycles. The zero-order valence-electron chi connectivity index (χ0n) is 20.7. The fraction of sp³-hybridized carbons (Fsp3) is 0.520. The summed E-state index contributed by atoms with van der Waals surface area (Å²) in [5, 5.41) is 21.2. The fourth-order valence-electron chi connectivity index (χ4n) is 4.35. The highest BCUT2D eigenvalue weighted by atomic mass is 16.5. The summed E-state index contributed by atoms with van der Waals surface area (Å²) in [6, 6.07) is 5.71. The lowest BCUT2D eigenvalue weighted by atomic mass is 9.87. The van der Waals surface area contributed by atoms with Crippen LogP contribution in [0.1, 0.15) is 69.5 Å². The van der Waals surface area contributed by atoms with Gasteiger partial charge < -0.3 is 15.2 Å². The molecule has 10 heteroatoms. The number of nitrogens with one attached hydrogen (secondary N) is 1. The number of ether oxygens (including phenoxy) is 1. The average Bonchev–Trinajstić information content (AvgIpc) is 3.23. The third kappa shape index (κ3) is 5.75. The van der Waals surface area contributed by atoms with Gasteiger partial charge in [0.05, 0.1) is 35.6 Å². The Morgan fingerprint density at radius 3 is 2.83 bits per heavy atom. The van der Waals surface area contributed by atoms with E-state index in [0.29, 0.717) is 54.8 Å². The van der Waals surface area contributed by atoms with E-state index < -0.39 is 5.97 Å². The monoisotopic (exact) mass is 479 g/mol. The average molecular weight is 480 g/mol. The second kappa shape index (κ2) is 10.8. The lowest BCUT2D eigenvalue weighted by molar-refractivity contribution is -0.143. The van der Waals surface area contributed by atoms with Gasteiger partial charge in [0, 0.05) is 18.9 Å². The van der Waals surface area contributed by atoms with Crippen LogP contribution in [0, 0.1) is 5.92 Å². The van der Waals surface area contributed by atoms with Gasteiger partial charge >= 0.3 is 5.97 Å². The van der Waals surface area contributed by atoms with Gasteiger partial charge in [-0.1, -0.05) is 26.0 Å². The van der Waals surface area contributed by atoms with E-state index in [2.05, 4.69) is 39.4 Å². The molecule has 0 bridgehead atoms. The lowest BCUT2D eigenvalue weighted by Crippen LogP contribution is -2.29. The third-order valence-electron chi connectivity index (χ3n) is 6.40. The van der Waals surface area contributed by atoms with Crippen LogP contribution in [-0.2, 0) is 24.8 Å². The summed E-state index contributed by atoms with van der Waals surface area (Å²) < 4.78 is 7.95. The zero-order chi connectivity index (χ0) is 24.9. The number of pyridine rings is 1. The molecule has 1 unspecified atom stereocenters. The van der Waals surface area contributed by atoms with Crippen molar-refractivity contribution in [2.45, 2.75) is 71.4 Å². The van der Waals surface area contributed by atoms with Gasteiger partial charge in [-0.05, 0) is 56.2 Å². The quantitative estimate of drug-likeness (QED) is 0.468. The molecule has 3 heterocycles. The molecular weight excluding hydrogens is 446 g/mol. The van der Waals surface area contributed by atoms with Crippen molar-refractivity contribution in [3.8, 4) is 17.1 Å². The first-order chi connectivity index (χ1) is 16.9. The molecule has 2 N–H and O–H groups in total. The van der Waals surface area contributed by atoms with Crippen molar-refractivity contribution in [1.82, 2.24) is 29.9 Å². The minimum atomic E-state index is -0.743. The summed E-state index contributed by atoms with van der Waals surface area (Å²) in [6.45, 7) is 6.66. The van der Waals surface area contributed by atoms with Crippen LogP contribution in [-0.4, -0.2) is 47.1 Å². The van der Waals surface area contributed by atoms with Crippen LogP contribution >= 0.6 is 0 Å². The van der Waals surface area contributed by atoms with Gasteiger partial charge in [0.25, 0.3) is 0 Å². The second-order valence-electron chi connectivity index (χ2n) is 9.26. The summed E-state index contributed by atoms with van der Waals surface area (Å²) in [5.41, 5.74) is 4.05. The Morgan fingerprint density at radius 2 is 2.09 bits per heavy atom. The highest BCUT2D eigenvalue weighted by Gasteiger charge is 2.28. The van der Waals surface area contributed by atoms with Crippen molar-refractivity contribution in [2.24, 2.45) is 13.0 Å². The third-order valence-corrected chi connectivity index (χ3v) is 6.40. The molecule has 0 aromatic carbocycles. The lowest BCUT2D eigenvalue weighted by Gasteiger charge is -2.28. The highest BCUT2D eigenvalue weighted by molar-refractivity contribution is 5.70. The predicted octanol–water partition coefficient (Wildman–Crippen LogP) is 3.99. The van der Waals surface area contributed by atoms with Gasteiger partial charge in [-0.3, -0.25) is 4.79 Å². The van der Waals surface area contributed by atoms with Gasteiger partial charge in [0.1, 0.15) is 11.4 Å². The first-order valence-electron chi connectivity index (χ1n) is 12.2. The normalized spacial score (nSPS) is 18.0. The fourth-order valence-corrected chi connectivity index (χ4v) is 4.35. The van der Waals surface area contributed by atoms with Crippen molar-refractivity contribution in [3.05, 3.63) is 41.5 Å². The molecule has 0 spiro atoms. The van der Waals surface area contributed by atoms with Crippen LogP contribution in [0.25, 0.3) is 11.4 Å². The van der Waals surface area contributed by atoms with Crippen LogP contribution in [0.4, 0.5) is 5.95 Å². The summed E-state index contributed by atoms with van der Waals surface area (Å²) in [7, 11) is 1.85. The molecule has 4 rings (SSSR count). The maximum Gasteiger partial charge on any atom is 0.306 e. The summed E-state index contributed by atoms with van der Waals surface area (Å²) >= 11 is 0. The molecule has 1 aliphatic carbocycles. The number of nitrogens with zero attached hydrogens (tertiary/aromatic N) is 6. The minimum Gasteiger partial charge on any atom is -0.488 e. The molecule has 2 atom stereocenters. The molecule has 35 heavy (non-hydrogen) atoms. The van der Waals surface area contributed by atoms with E-state index in [1.54, 1.807) is 10.9 Å². The highest BCUT2D eigenvalue weighted by Crippen LogP contribution is 2.31. The molecular formula is C25H33N7O3. The molecule has 1 aliphatic rings. The number of hydrogen-bond acceptors (Lipinski definition) is 8. The molecule has 3 aromatic heterocycles. The number of anilines is 1. The molecule has 0 saturated heterocycles. The van der Waals surface area contributed by atoms with E-state index in [1.165, 1.54) is 0 Å². The van der Waals surface area contributed by atoms with Crippen molar-refractivity contribution >= 4 is 11.9 Å². The van der Waals surface area contributed by atoms with Crippen LogP contribution in [0.2, 0.25) is 0 Å². The molecule has 3 aromatic rings. The standard InChI is InChI=1S/C25H33N7O3/c1-5-18-22(35-17-8-6-7-16(13-17)24(33)34)10-9-20(28-18)23-21(32(4)31-30-23)14-27-25-26-12-11-19(29-25)15(2)3/h9-12,15-17H,5-8,13-14H2,1-4H3,(H,33,34)(H,26,27,29)/t16?,17-/m0/s1. The number of aromatic nitrogens is 6. The second-order valence-corrected chi connectivity index (χ2v) is 9.26. The molecule has 10 nitrogen and oxygen atoms in total. The molecule has 1 fully saturated rings. The van der Waals surface area contributed by atoms with Gasteiger partial charge in [-0.25, -0.2) is 19.6 Å². The van der Waals surface area contributed by atoms with Crippen LogP contribution in [0.15, 0.2) is 24.4 Å². The number of carboxylic acids is 1. The van der Waals surface area contributed by atoms with E-state index in [-0.39, 0.29) is 12.0 Å². The maximum atomic E-state index is 11.4. The van der Waals surface area contributed by atoms with Crippen molar-refractivity contribution in [1.29, 1.82) is 0 Å². The first-order valence-corrected chi connectivity index (χ1v) is 12.2. The molecule has 0 amide bonds. The van der Waals surface area contributed by atoms with E-state index in [0.717, 1.165) is 29.9 Å². The van der Waals surface area contributed by atoms with Crippen molar-refractivity contribution in [2.75, 3.05) is 5.32 Å². The summed E-state index contributed by atoms with van der Waals surface area (Å²) in [5.74, 6) is 0.489. The maximum absolute atomic E-state index is 11.4. The number of hydrogen-bond donors (Lipinski definition) is 2. The van der Waals surface area contributed by atoms with Gasteiger partial charge in [-0.15, -0.1) is 5.10 Å². The van der Waals surface area contributed by atoms with Crippen LogP contribution in [0.3, 0.4) is 0 Å². The minimum absolute atomic E-state index is 0.110. The molecule has 0 aliphatic heterocycles. The summed E-state index contributed by atoms with van der Waals surface area (Å²) in [4.78, 5) is 25.1. The van der Waals surface area contributed by atoms with Gasteiger partial charge in [-0.2, -0.15) is 0 Å². The number of carbonyl (C=O) groups is 1. The van der Waals surface area contributed by atoms with Crippen molar-refractivity contribution in [3.63, 3.8) is 0 Å². The van der Waals surface area contributed by atoms with E-state index in [9.17, 15) is 9.90 Å². The SMILES string of the molecule is CCc1nc(-c2nnn(C)c2CNc2nccc(C(C)C)n2)ccc1O[C@H]1CCCC(C(=O)O)C1.